The van der Waals surface area contributed by atoms with Gasteiger partial charge >= 0.3 is 0 Å². The first-order chi connectivity index (χ1) is 7.84. The van der Waals surface area contributed by atoms with E-state index in [0.29, 0.717) is 0 Å². The van der Waals surface area contributed by atoms with Gasteiger partial charge in [-0.05, 0) is 18.6 Å². The van der Waals surface area contributed by atoms with Gasteiger partial charge in [0.1, 0.15) is 17.4 Å². The fourth-order valence-electron chi connectivity index (χ4n) is 1.54. The van der Waals surface area contributed by atoms with Gasteiger partial charge in [-0.2, -0.15) is 0 Å². The second-order valence-corrected chi connectivity index (χ2v) is 4.39. The molecule has 77 valence electrons. The van der Waals surface area contributed by atoms with E-state index in [4.69, 9.17) is 0 Å². The molecule has 3 nitrogen and oxygen atoms in total. The van der Waals surface area contributed by atoms with Crippen LogP contribution in [-0.2, 0) is 0 Å². The van der Waals surface area contributed by atoms with Crippen molar-refractivity contribution in [1.82, 2.24) is 15.0 Å². The number of fused-ring (bicyclic) bond motifs is 1. The molecule has 3 rings (SSSR count). The van der Waals surface area contributed by atoms with Crippen LogP contribution in [0.4, 0.5) is 0 Å². The molecule has 0 unspecified atom stereocenters. The summed E-state index contributed by atoms with van der Waals surface area (Å²) in [5.41, 5.74) is 3.16. The molecular weight excluding hydrogens is 218 g/mol. The lowest BCUT2D eigenvalue weighted by molar-refractivity contribution is 1.22. The molecule has 0 atom stereocenters. The maximum atomic E-state index is 4.40. The Hall–Kier alpha value is -1.81. The van der Waals surface area contributed by atoms with Crippen molar-refractivity contribution in [3.8, 4) is 11.3 Å². The number of nitrogens with zero attached hydrogens (tertiary/aromatic N) is 3. The number of hydrogen-bond acceptors (Lipinski definition) is 4. The van der Waals surface area contributed by atoms with Crippen molar-refractivity contribution in [2.45, 2.75) is 6.92 Å². The summed E-state index contributed by atoms with van der Waals surface area (Å²) in [5.74, 6) is 0. The minimum absolute atomic E-state index is 0.947. The highest BCUT2D eigenvalue weighted by Crippen LogP contribution is 2.30. The van der Waals surface area contributed by atoms with Crippen molar-refractivity contribution in [2.75, 3.05) is 0 Å². The predicted molar refractivity (Wildman–Crippen MR) is 64.2 cm³/mol. The third kappa shape index (κ3) is 1.47. The number of pyridine rings is 1. The van der Waals surface area contributed by atoms with E-state index < -0.39 is 0 Å². The minimum atomic E-state index is 0.947. The van der Waals surface area contributed by atoms with Gasteiger partial charge in [-0.3, -0.25) is 4.98 Å². The van der Waals surface area contributed by atoms with Gasteiger partial charge in [-0.25, -0.2) is 9.97 Å². The normalized spacial score (nSPS) is 10.8. The maximum Gasteiger partial charge on any atom is 0.128 e. The zero-order chi connectivity index (χ0) is 11.0. The zero-order valence-electron chi connectivity index (χ0n) is 8.64. The van der Waals surface area contributed by atoms with Crippen LogP contribution < -0.4 is 0 Å². The Kier molecular flexibility index (Phi) is 2.15. The number of hydrogen-bond donors (Lipinski definition) is 0. The Morgan fingerprint density at radius 1 is 1.25 bits per heavy atom. The molecule has 0 fully saturated rings. The predicted octanol–water partition coefficient (Wildman–Crippen LogP) is 2.86. The zero-order valence-corrected chi connectivity index (χ0v) is 9.45. The number of aromatic nitrogens is 3. The van der Waals surface area contributed by atoms with Crippen molar-refractivity contribution in [1.29, 1.82) is 0 Å². The molecular formula is C12H8N3S. The molecule has 3 aromatic rings. The van der Waals surface area contributed by atoms with Crippen LogP contribution in [0.25, 0.3) is 21.5 Å². The molecule has 4 heteroatoms. The lowest BCUT2D eigenvalue weighted by Crippen LogP contribution is -1.83. The minimum Gasteiger partial charge on any atom is -0.256 e. The molecule has 0 saturated heterocycles. The Bertz CT molecular complexity index is 628. The summed E-state index contributed by atoms with van der Waals surface area (Å²) >= 11 is 1.59. The summed E-state index contributed by atoms with van der Waals surface area (Å²) in [4.78, 5) is 13.5. The lowest BCUT2D eigenvalue weighted by atomic mass is 10.1. The molecule has 1 radical (unpaired) electrons. The van der Waals surface area contributed by atoms with Crippen molar-refractivity contribution in [3.05, 3.63) is 41.8 Å². The van der Waals surface area contributed by atoms with Crippen LogP contribution in [0.2, 0.25) is 0 Å². The summed E-state index contributed by atoms with van der Waals surface area (Å²) in [7, 11) is 0. The molecule has 0 amide bonds. The summed E-state index contributed by atoms with van der Waals surface area (Å²) in [6, 6.07) is 4.06. The summed E-state index contributed by atoms with van der Waals surface area (Å²) in [6.07, 6.45) is 6.35. The second-order valence-electron chi connectivity index (χ2n) is 3.54. The molecule has 16 heavy (non-hydrogen) atoms. The van der Waals surface area contributed by atoms with Crippen LogP contribution in [-0.4, -0.2) is 15.0 Å². The van der Waals surface area contributed by atoms with E-state index in [9.17, 15) is 0 Å². The molecule has 0 aliphatic carbocycles. The first kappa shape index (κ1) is 9.42. The highest BCUT2D eigenvalue weighted by Gasteiger charge is 2.08. The molecule has 3 heterocycles. The van der Waals surface area contributed by atoms with Gasteiger partial charge in [-0.1, -0.05) is 6.07 Å². The quantitative estimate of drug-likeness (QED) is 0.640. The molecule has 0 saturated carbocycles. The van der Waals surface area contributed by atoms with E-state index >= 15 is 0 Å². The van der Waals surface area contributed by atoms with Gasteiger partial charge in [0.05, 0.1) is 5.69 Å². The topological polar surface area (TPSA) is 38.7 Å². The fourth-order valence-corrected chi connectivity index (χ4v) is 2.39. The van der Waals surface area contributed by atoms with Gasteiger partial charge in [-0.15, -0.1) is 11.3 Å². The number of rotatable bonds is 1. The first-order valence-corrected chi connectivity index (χ1v) is 5.75. The van der Waals surface area contributed by atoms with Gasteiger partial charge in [0.15, 0.2) is 0 Å². The van der Waals surface area contributed by atoms with E-state index in [1.54, 1.807) is 11.3 Å². The van der Waals surface area contributed by atoms with Crippen LogP contribution in [0, 0.1) is 13.1 Å². The molecule has 0 bridgehead atoms. The fraction of sp³-hybridized carbons (Fsp3) is 0.0833. The van der Waals surface area contributed by atoms with Crippen LogP contribution in [0.1, 0.15) is 5.56 Å². The number of aryl methyl sites for hydroxylation is 1. The monoisotopic (exact) mass is 226 g/mol. The van der Waals surface area contributed by atoms with Gasteiger partial charge in [0.25, 0.3) is 0 Å². The van der Waals surface area contributed by atoms with Crippen molar-refractivity contribution in [2.24, 2.45) is 0 Å². The van der Waals surface area contributed by atoms with Crippen molar-refractivity contribution >= 4 is 21.6 Å². The highest BCUT2D eigenvalue weighted by molar-refractivity contribution is 7.17. The molecule has 3 aromatic heterocycles. The largest absolute Gasteiger partial charge is 0.256 e. The van der Waals surface area contributed by atoms with Gasteiger partial charge in [0.2, 0.25) is 0 Å². The third-order valence-corrected chi connectivity index (χ3v) is 3.25. The second kappa shape index (κ2) is 3.64. The molecule has 0 aliphatic rings. The van der Waals surface area contributed by atoms with Crippen molar-refractivity contribution in [3.63, 3.8) is 0 Å². The highest BCUT2D eigenvalue weighted by atomic mass is 32.1. The Labute approximate surface area is 96.8 Å². The van der Waals surface area contributed by atoms with Crippen LogP contribution in [0.15, 0.2) is 30.0 Å². The Balaban J connectivity index is 2.22. The SMILES string of the molecule is Cc1ccc(-c2csc3ncn[c]c23)nc1. The van der Waals surface area contributed by atoms with E-state index in [-0.39, 0.29) is 0 Å². The summed E-state index contributed by atoms with van der Waals surface area (Å²) < 4.78 is 0. The number of thiophene rings is 1. The lowest BCUT2D eigenvalue weighted by Gasteiger charge is -1.98. The van der Waals surface area contributed by atoms with Crippen LogP contribution in [0.3, 0.4) is 0 Å². The molecule has 0 aliphatic heterocycles. The Morgan fingerprint density at radius 3 is 3.00 bits per heavy atom. The summed E-state index contributed by atoms with van der Waals surface area (Å²) in [5, 5.41) is 3.00. The molecule has 0 aromatic carbocycles. The standard InChI is InChI=1S/C12H8N3S/c1-8-2-3-11(14-4-8)10-6-16-12-9(10)5-13-7-15-12/h2-4,6-7H,1H3. The van der Waals surface area contributed by atoms with E-state index in [1.165, 1.54) is 6.33 Å². The van der Waals surface area contributed by atoms with E-state index in [0.717, 1.165) is 27.0 Å². The van der Waals surface area contributed by atoms with E-state index in [2.05, 4.69) is 27.2 Å². The molecule has 0 N–H and O–H groups in total. The maximum absolute atomic E-state index is 4.40. The molecule has 0 spiro atoms. The average molecular weight is 226 g/mol. The van der Waals surface area contributed by atoms with Crippen molar-refractivity contribution < 1.29 is 0 Å². The Morgan fingerprint density at radius 2 is 2.19 bits per heavy atom. The average Bonchev–Trinajstić information content (AvgIpc) is 2.74. The first-order valence-electron chi connectivity index (χ1n) is 4.87. The van der Waals surface area contributed by atoms with Crippen LogP contribution >= 0.6 is 11.3 Å². The van der Waals surface area contributed by atoms with E-state index in [1.807, 2.05) is 24.6 Å². The van der Waals surface area contributed by atoms with Gasteiger partial charge < -0.3 is 0 Å². The smallest absolute Gasteiger partial charge is 0.128 e. The van der Waals surface area contributed by atoms with Crippen LogP contribution in [0.5, 0.6) is 0 Å². The van der Waals surface area contributed by atoms with Gasteiger partial charge in [0, 0.05) is 22.5 Å². The summed E-state index contributed by atoms with van der Waals surface area (Å²) in [6.45, 7) is 2.03. The third-order valence-electron chi connectivity index (χ3n) is 2.37.